The Balaban J connectivity index is 1.50. The quantitative estimate of drug-likeness (QED) is 0.695. The lowest BCUT2D eigenvalue weighted by molar-refractivity contribution is -0.121. The van der Waals surface area contributed by atoms with Gasteiger partial charge in [0.2, 0.25) is 5.91 Å². The first-order chi connectivity index (χ1) is 12.2. The summed E-state index contributed by atoms with van der Waals surface area (Å²) >= 11 is 1.51. The van der Waals surface area contributed by atoms with Crippen LogP contribution in [0.25, 0.3) is 0 Å². The molecule has 0 spiro atoms. The van der Waals surface area contributed by atoms with E-state index in [1.807, 2.05) is 73.0 Å². The van der Waals surface area contributed by atoms with Crippen molar-refractivity contribution in [2.45, 2.75) is 26.0 Å². The Morgan fingerprint density at radius 2 is 1.80 bits per heavy atom. The van der Waals surface area contributed by atoms with E-state index in [-0.39, 0.29) is 18.4 Å². The second-order valence-corrected chi connectivity index (χ2v) is 6.65. The van der Waals surface area contributed by atoms with Crippen molar-refractivity contribution in [2.24, 2.45) is 0 Å². The summed E-state index contributed by atoms with van der Waals surface area (Å²) in [5.41, 5.74) is 1.86. The first-order valence-electron chi connectivity index (χ1n) is 8.16. The smallest absolute Gasteiger partial charge is 0.226 e. The maximum atomic E-state index is 12.2. The minimum atomic E-state index is -0.0304. The van der Waals surface area contributed by atoms with Crippen LogP contribution in [-0.2, 0) is 17.8 Å². The Labute approximate surface area is 151 Å². The molecule has 0 saturated heterocycles. The number of ether oxygens (including phenoxy) is 1. The van der Waals surface area contributed by atoms with E-state index in [0.717, 1.165) is 22.0 Å². The molecular formula is C20H20N2O2S. The fourth-order valence-corrected chi connectivity index (χ4v) is 3.15. The fourth-order valence-electron chi connectivity index (χ4n) is 2.44. The average Bonchev–Trinajstić information content (AvgIpc) is 3.08. The summed E-state index contributed by atoms with van der Waals surface area (Å²) in [6.07, 6.45) is 0.277. The lowest BCUT2D eigenvalue weighted by Crippen LogP contribution is -2.28. The highest BCUT2D eigenvalue weighted by atomic mass is 32.1. The molecule has 0 radical (unpaired) electrons. The number of nitrogens with zero attached hydrogens (tertiary/aromatic N) is 1. The summed E-state index contributed by atoms with van der Waals surface area (Å²) in [5, 5.41) is 5.78. The highest BCUT2D eigenvalue weighted by Gasteiger charge is 2.12. The Morgan fingerprint density at radius 3 is 2.52 bits per heavy atom. The number of para-hydroxylation sites is 1. The molecule has 5 heteroatoms. The first-order valence-corrected chi connectivity index (χ1v) is 9.04. The van der Waals surface area contributed by atoms with Gasteiger partial charge in [-0.1, -0.05) is 48.5 Å². The van der Waals surface area contributed by atoms with Crippen LogP contribution >= 0.6 is 11.3 Å². The third-order valence-corrected chi connectivity index (χ3v) is 4.59. The summed E-state index contributed by atoms with van der Waals surface area (Å²) in [6.45, 7) is 2.39. The van der Waals surface area contributed by atoms with Gasteiger partial charge in [-0.15, -0.1) is 11.3 Å². The van der Waals surface area contributed by atoms with E-state index >= 15 is 0 Å². The third kappa shape index (κ3) is 5.16. The van der Waals surface area contributed by atoms with Crippen LogP contribution in [0.4, 0.5) is 0 Å². The standard InChI is InChI=1S/C20H20N2O2S/c1-15(16-8-4-2-5-9-16)21-19(23)12-17-14-25-20(22-17)13-24-18-10-6-3-7-11-18/h2-11,14-15H,12-13H2,1H3,(H,21,23). The molecular weight excluding hydrogens is 332 g/mol. The number of nitrogens with one attached hydrogen (secondary N) is 1. The van der Waals surface area contributed by atoms with Crippen molar-refractivity contribution in [1.82, 2.24) is 10.3 Å². The molecule has 128 valence electrons. The minimum absolute atomic E-state index is 0.0202. The van der Waals surface area contributed by atoms with Gasteiger partial charge in [0.15, 0.2) is 0 Å². The largest absolute Gasteiger partial charge is 0.486 e. The Hall–Kier alpha value is -2.66. The van der Waals surface area contributed by atoms with E-state index in [1.54, 1.807) is 0 Å². The average molecular weight is 352 g/mol. The molecule has 1 heterocycles. The van der Waals surface area contributed by atoms with Crippen molar-refractivity contribution in [2.75, 3.05) is 0 Å². The SMILES string of the molecule is CC(NC(=O)Cc1csc(COc2ccccc2)n1)c1ccccc1. The van der Waals surface area contributed by atoms with Gasteiger partial charge in [0.05, 0.1) is 18.2 Å². The van der Waals surface area contributed by atoms with Crippen LogP contribution in [0, 0.1) is 0 Å². The minimum Gasteiger partial charge on any atom is -0.486 e. The lowest BCUT2D eigenvalue weighted by atomic mass is 10.1. The number of carbonyl (C=O) groups excluding carboxylic acids is 1. The van der Waals surface area contributed by atoms with Crippen molar-refractivity contribution >= 4 is 17.2 Å². The third-order valence-electron chi connectivity index (χ3n) is 3.72. The molecule has 1 amide bonds. The van der Waals surface area contributed by atoms with Crippen molar-refractivity contribution in [3.8, 4) is 5.75 Å². The van der Waals surface area contributed by atoms with Crippen LogP contribution in [0.15, 0.2) is 66.0 Å². The molecule has 1 N–H and O–H groups in total. The molecule has 1 atom stereocenters. The summed E-state index contributed by atoms with van der Waals surface area (Å²) in [5.74, 6) is 0.783. The molecule has 0 aliphatic heterocycles. The van der Waals surface area contributed by atoms with E-state index in [2.05, 4.69) is 10.3 Å². The van der Waals surface area contributed by atoms with Gasteiger partial charge in [0.25, 0.3) is 0 Å². The molecule has 1 unspecified atom stereocenters. The van der Waals surface area contributed by atoms with Gasteiger partial charge in [-0.3, -0.25) is 4.79 Å². The van der Waals surface area contributed by atoms with Gasteiger partial charge in [-0.25, -0.2) is 4.98 Å². The highest BCUT2D eigenvalue weighted by Crippen LogP contribution is 2.16. The summed E-state index contributed by atoms with van der Waals surface area (Å²) in [6, 6.07) is 19.5. The Bertz CT molecular complexity index is 803. The molecule has 0 saturated carbocycles. The molecule has 0 bridgehead atoms. The summed E-state index contributed by atoms with van der Waals surface area (Å²) in [7, 11) is 0. The number of aromatic nitrogens is 1. The maximum Gasteiger partial charge on any atom is 0.226 e. The molecule has 25 heavy (non-hydrogen) atoms. The molecule has 0 aliphatic rings. The molecule has 2 aromatic carbocycles. The van der Waals surface area contributed by atoms with E-state index in [0.29, 0.717) is 6.61 Å². The van der Waals surface area contributed by atoms with Crippen molar-refractivity contribution < 1.29 is 9.53 Å². The van der Waals surface area contributed by atoms with Crippen molar-refractivity contribution in [3.05, 3.63) is 82.3 Å². The molecule has 3 rings (SSSR count). The lowest BCUT2D eigenvalue weighted by Gasteiger charge is -2.13. The van der Waals surface area contributed by atoms with Crippen molar-refractivity contribution in [1.29, 1.82) is 0 Å². The van der Waals surface area contributed by atoms with Crippen LogP contribution in [0.1, 0.15) is 29.2 Å². The van der Waals surface area contributed by atoms with Gasteiger partial charge < -0.3 is 10.1 Å². The summed E-state index contributed by atoms with van der Waals surface area (Å²) in [4.78, 5) is 16.7. The number of hydrogen-bond donors (Lipinski definition) is 1. The zero-order valence-corrected chi connectivity index (χ0v) is 14.8. The predicted molar refractivity (Wildman–Crippen MR) is 99.6 cm³/mol. The second kappa shape index (κ2) is 8.44. The monoisotopic (exact) mass is 352 g/mol. The van der Waals surface area contributed by atoms with Crippen LogP contribution < -0.4 is 10.1 Å². The van der Waals surface area contributed by atoms with Crippen LogP contribution in [0.2, 0.25) is 0 Å². The molecule has 1 aromatic heterocycles. The normalized spacial score (nSPS) is 11.7. The van der Waals surface area contributed by atoms with Gasteiger partial charge in [-0.2, -0.15) is 0 Å². The van der Waals surface area contributed by atoms with Gasteiger partial charge in [-0.05, 0) is 24.6 Å². The molecule has 0 fully saturated rings. The topological polar surface area (TPSA) is 51.2 Å². The Morgan fingerprint density at radius 1 is 1.12 bits per heavy atom. The fraction of sp³-hybridized carbons (Fsp3) is 0.200. The van der Waals surface area contributed by atoms with E-state index in [4.69, 9.17) is 4.74 Å². The first kappa shape index (κ1) is 17.2. The molecule has 4 nitrogen and oxygen atoms in total. The van der Waals surface area contributed by atoms with E-state index in [1.165, 1.54) is 11.3 Å². The van der Waals surface area contributed by atoms with E-state index in [9.17, 15) is 4.79 Å². The van der Waals surface area contributed by atoms with Gasteiger partial charge in [0, 0.05) is 5.38 Å². The highest BCUT2D eigenvalue weighted by molar-refractivity contribution is 7.09. The number of benzene rings is 2. The van der Waals surface area contributed by atoms with Gasteiger partial charge in [0.1, 0.15) is 17.4 Å². The van der Waals surface area contributed by atoms with Gasteiger partial charge >= 0.3 is 0 Å². The van der Waals surface area contributed by atoms with E-state index < -0.39 is 0 Å². The Kier molecular flexibility index (Phi) is 5.80. The number of amides is 1. The van der Waals surface area contributed by atoms with Crippen LogP contribution in [0.3, 0.4) is 0 Å². The molecule has 3 aromatic rings. The predicted octanol–water partition coefficient (Wildman–Crippen LogP) is 4.14. The number of hydrogen-bond acceptors (Lipinski definition) is 4. The zero-order valence-electron chi connectivity index (χ0n) is 14.0. The zero-order chi connectivity index (χ0) is 17.5. The second-order valence-electron chi connectivity index (χ2n) is 5.71. The number of rotatable bonds is 7. The maximum absolute atomic E-state index is 12.2. The molecule has 0 aliphatic carbocycles. The number of thiazole rings is 1. The van der Waals surface area contributed by atoms with Crippen LogP contribution in [-0.4, -0.2) is 10.9 Å². The number of carbonyl (C=O) groups is 1. The van der Waals surface area contributed by atoms with Crippen LogP contribution in [0.5, 0.6) is 5.75 Å². The van der Waals surface area contributed by atoms with Crippen molar-refractivity contribution in [3.63, 3.8) is 0 Å². The summed E-state index contributed by atoms with van der Waals surface area (Å²) < 4.78 is 5.68.